The highest BCUT2D eigenvalue weighted by atomic mass is 19.1. The molecule has 0 aliphatic heterocycles. The van der Waals surface area contributed by atoms with E-state index in [9.17, 15) is 9.18 Å². The molecule has 0 saturated carbocycles. The van der Waals surface area contributed by atoms with E-state index in [0.717, 1.165) is 33.3 Å². The van der Waals surface area contributed by atoms with Crippen LogP contribution in [0.4, 0.5) is 4.39 Å². The molecule has 1 amide bonds. The molecule has 0 radical (unpaired) electrons. The van der Waals surface area contributed by atoms with Crippen LogP contribution in [0.5, 0.6) is 0 Å². The fraction of sp³-hybridized carbons (Fsp3) is 0.0435. The Bertz CT molecular complexity index is 1130. The van der Waals surface area contributed by atoms with Crippen LogP contribution in [0.1, 0.15) is 11.1 Å². The van der Waals surface area contributed by atoms with E-state index in [4.69, 9.17) is 0 Å². The molecule has 0 spiro atoms. The summed E-state index contributed by atoms with van der Waals surface area (Å²) in [6, 6.07) is 23.8. The Morgan fingerprint density at radius 3 is 2.46 bits per heavy atom. The monoisotopic (exact) mass is 371 g/mol. The van der Waals surface area contributed by atoms with E-state index >= 15 is 0 Å². The Morgan fingerprint density at radius 2 is 1.68 bits per heavy atom. The summed E-state index contributed by atoms with van der Waals surface area (Å²) in [4.78, 5) is 15.5. The van der Waals surface area contributed by atoms with Gasteiger partial charge in [0.1, 0.15) is 5.82 Å². The van der Waals surface area contributed by atoms with E-state index in [1.54, 1.807) is 18.3 Å². The first kappa shape index (κ1) is 17.7. The second-order valence-electron chi connectivity index (χ2n) is 6.42. The Hall–Kier alpha value is -3.73. The predicted molar refractivity (Wildman–Crippen MR) is 110 cm³/mol. The highest BCUT2D eigenvalue weighted by Crippen LogP contribution is 2.28. The first-order chi connectivity index (χ1) is 13.7. The number of rotatable bonds is 5. The Kier molecular flexibility index (Phi) is 4.97. The van der Waals surface area contributed by atoms with Crippen molar-refractivity contribution in [2.24, 2.45) is 5.10 Å². The van der Waals surface area contributed by atoms with Crippen LogP contribution in [-0.2, 0) is 11.2 Å². The molecule has 0 fully saturated rings. The standard InChI is InChI=1S/C23H18FN3O/c24-18-12-10-16(11-13-18)14-22(28)27-25-15-20-19-8-4-5-9-21(19)26-23(20)17-6-2-1-3-7-17/h1-13,15,26H,14H2,(H,27,28)/b25-15+. The maximum atomic E-state index is 13.0. The number of H-pyrrole nitrogens is 1. The van der Waals surface area contributed by atoms with Crippen LogP contribution >= 0.6 is 0 Å². The van der Waals surface area contributed by atoms with Gasteiger partial charge in [0.05, 0.1) is 18.3 Å². The van der Waals surface area contributed by atoms with E-state index in [1.165, 1.54) is 12.1 Å². The van der Waals surface area contributed by atoms with Gasteiger partial charge in [-0.25, -0.2) is 9.82 Å². The van der Waals surface area contributed by atoms with Crippen molar-refractivity contribution >= 4 is 23.0 Å². The SMILES string of the molecule is O=C(Cc1ccc(F)cc1)N/N=C/c1c(-c2ccccc2)[nH]c2ccccc12. The van der Waals surface area contributed by atoms with Crippen LogP contribution in [0.3, 0.4) is 0 Å². The minimum atomic E-state index is -0.324. The number of aromatic nitrogens is 1. The third-order valence-corrected chi connectivity index (χ3v) is 4.47. The molecule has 2 N–H and O–H groups in total. The molecule has 0 unspecified atom stereocenters. The smallest absolute Gasteiger partial charge is 0.244 e. The summed E-state index contributed by atoms with van der Waals surface area (Å²) in [7, 11) is 0. The highest BCUT2D eigenvalue weighted by Gasteiger charge is 2.11. The maximum Gasteiger partial charge on any atom is 0.244 e. The molecular weight excluding hydrogens is 353 g/mol. The van der Waals surface area contributed by atoms with Gasteiger partial charge in [0.15, 0.2) is 0 Å². The zero-order chi connectivity index (χ0) is 19.3. The lowest BCUT2D eigenvalue weighted by Gasteiger charge is -2.02. The largest absolute Gasteiger partial charge is 0.354 e. The third-order valence-electron chi connectivity index (χ3n) is 4.47. The van der Waals surface area contributed by atoms with Gasteiger partial charge in [-0.15, -0.1) is 0 Å². The maximum absolute atomic E-state index is 13.0. The van der Waals surface area contributed by atoms with Crippen LogP contribution in [0.25, 0.3) is 22.2 Å². The highest BCUT2D eigenvalue weighted by molar-refractivity contribution is 6.06. The number of nitrogens with zero attached hydrogens (tertiary/aromatic N) is 1. The van der Waals surface area contributed by atoms with Gasteiger partial charge < -0.3 is 4.98 Å². The van der Waals surface area contributed by atoms with Gasteiger partial charge >= 0.3 is 0 Å². The fourth-order valence-electron chi connectivity index (χ4n) is 3.13. The van der Waals surface area contributed by atoms with E-state index in [1.807, 2.05) is 54.6 Å². The van der Waals surface area contributed by atoms with Gasteiger partial charge in [-0.1, -0.05) is 60.7 Å². The number of halogens is 1. The minimum Gasteiger partial charge on any atom is -0.354 e. The third kappa shape index (κ3) is 3.83. The molecule has 0 saturated heterocycles. The molecule has 28 heavy (non-hydrogen) atoms. The fourth-order valence-corrected chi connectivity index (χ4v) is 3.13. The number of benzene rings is 3. The van der Waals surface area contributed by atoms with Crippen LogP contribution in [0.15, 0.2) is 84.0 Å². The zero-order valence-corrected chi connectivity index (χ0v) is 15.0. The summed E-state index contributed by atoms with van der Waals surface area (Å²) in [6.45, 7) is 0. The molecule has 0 aliphatic rings. The van der Waals surface area contributed by atoms with E-state index < -0.39 is 0 Å². The van der Waals surface area contributed by atoms with Crippen molar-refractivity contribution in [2.45, 2.75) is 6.42 Å². The molecule has 138 valence electrons. The predicted octanol–water partition coefficient (Wildman–Crippen LogP) is 4.67. The summed E-state index contributed by atoms with van der Waals surface area (Å²) in [5, 5.41) is 5.17. The number of amides is 1. The molecule has 0 aliphatic carbocycles. The molecular formula is C23H18FN3O. The number of carbonyl (C=O) groups is 1. The van der Waals surface area contributed by atoms with Gasteiger partial charge in [-0.3, -0.25) is 4.79 Å². The second kappa shape index (κ2) is 7.88. The van der Waals surface area contributed by atoms with E-state index in [2.05, 4.69) is 15.5 Å². The molecule has 5 heteroatoms. The van der Waals surface area contributed by atoms with Gasteiger partial charge in [0.2, 0.25) is 5.91 Å². The number of carbonyl (C=O) groups excluding carboxylic acids is 1. The first-order valence-electron chi connectivity index (χ1n) is 8.93. The lowest BCUT2D eigenvalue weighted by molar-refractivity contribution is -0.120. The average Bonchev–Trinajstić information content (AvgIpc) is 3.09. The summed E-state index contributed by atoms with van der Waals surface area (Å²) < 4.78 is 13.0. The van der Waals surface area contributed by atoms with Crippen molar-refractivity contribution in [3.63, 3.8) is 0 Å². The molecule has 1 aromatic heterocycles. The number of fused-ring (bicyclic) bond motifs is 1. The number of nitrogens with one attached hydrogen (secondary N) is 2. The number of hydrogen-bond donors (Lipinski definition) is 2. The van der Waals surface area contributed by atoms with Crippen LogP contribution in [0.2, 0.25) is 0 Å². The van der Waals surface area contributed by atoms with Gasteiger partial charge in [0, 0.05) is 16.5 Å². The Morgan fingerprint density at radius 1 is 0.964 bits per heavy atom. The molecule has 4 nitrogen and oxygen atoms in total. The second-order valence-corrected chi connectivity index (χ2v) is 6.42. The molecule has 1 heterocycles. The summed E-state index contributed by atoms with van der Waals surface area (Å²) in [6.07, 6.45) is 1.79. The summed E-state index contributed by atoms with van der Waals surface area (Å²) >= 11 is 0. The average molecular weight is 371 g/mol. The summed E-state index contributed by atoms with van der Waals surface area (Å²) in [5.41, 5.74) is 7.17. The zero-order valence-electron chi connectivity index (χ0n) is 15.0. The van der Waals surface area contributed by atoms with Gasteiger partial charge in [-0.2, -0.15) is 5.10 Å². The molecule has 0 atom stereocenters. The normalized spacial score (nSPS) is 11.2. The lowest BCUT2D eigenvalue weighted by Crippen LogP contribution is -2.19. The first-order valence-corrected chi connectivity index (χ1v) is 8.93. The van der Waals surface area contributed by atoms with Crippen LogP contribution < -0.4 is 5.43 Å². The van der Waals surface area contributed by atoms with Gasteiger partial charge in [-0.05, 0) is 29.3 Å². The van der Waals surface area contributed by atoms with Crippen molar-refractivity contribution in [1.29, 1.82) is 0 Å². The number of para-hydroxylation sites is 1. The van der Waals surface area contributed by atoms with Crippen LogP contribution in [0, 0.1) is 5.82 Å². The molecule has 0 bridgehead atoms. The van der Waals surface area contributed by atoms with Crippen molar-refractivity contribution < 1.29 is 9.18 Å². The number of aromatic amines is 1. The van der Waals surface area contributed by atoms with Crippen molar-refractivity contribution in [1.82, 2.24) is 10.4 Å². The molecule has 4 rings (SSSR count). The van der Waals surface area contributed by atoms with Gasteiger partial charge in [0.25, 0.3) is 0 Å². The Labute approximate surface area is 161 Å². The van der Waals surface area contributed by atoms with E-state index in [-0.39, 0.29) is 18.1 Å². The van der Waals surface area contributed by atoms with Crippen molar-refractivity contribution in [2.75, 3.05) is 0 Å². The summed E-state index contributed by atoms with van der Waals surface area (Å²) in [5.74, 6) is -0.584. The van der Waals surface area contributed by atoms with Crippen molar-refractivity contribution in [3.8, 4) is 11.3 Å². The topological polar surface area (TPSA) is 57.2 Å². The molecule has 4 aromatic rings. The van der Waals surface area contributed by atoms with Crippen LogP contribution in [-0.4, -0.2) is 17.1 Å². The Balaban J connectivity index is 1.56. The lowest BCUT2D eigenvalue weighted by atomic mass is 10.1. The van der Waals surface area contributed by atoms with E-state index in [0.29, 0.717) is 0 Å². The van der Waals surface area contributed by atoms with Crippen molar-refractivity contribution in [3.05, 3.63) is 95.8 Å². The quantitative estimate of drug-likeness (QED) is 0.389. The number of hydrogen-bond acceptors (Lipinski definition) is 2. The number of hydrazone groups is 1. The molecule has 3 aromatic carbocycles. The minimum absolute atomic E-state index is 0.136.